The fourth-order valence-corrected chi connectivity index (χ4v) is 8.14. The van der Waals surface area contributed by atoms with Gasteiger partial charge in [0.15, 0.2) is 0 Å². The van der Waals surface area contributed by atoms with Gasteiger partial charge in [0, 0.05) is 54.8 Å². The number of benzene rings is 1. The van der Waals surface area contributed by atoms with Crippen LogP contribution in [0.3, 0.4) is 0 Å². The maximum Gasteiger partial charge on any atom is 0.221 e. The van der Waals surface area contributed by atoms with Crippen LogP contribution < -0.4 is 5.73 Å². The van der Waals surface area contributed by atoms with Crippen LogP contribution in [0.4, 0.5) is 0 Å². The summed E-state index contributed by atoms with van der Waals surface area (Å²) in [5.41, 5.74) is 10.9. The second-order valence-electron chi connectivity index (χ2n) is 10.5. The summed E-state index contributed by atoms with van der Waals surface area (Å²) in [6.45, 7) is 5.56. The summed E-state index contributed by atoms with van der Waals surface area (Å²) in [7, 11) is -1.40. The van der Waals surface area contributed by atoms with E-state index in [4.69, 9.17) is 10.5 Å². The molecule has 0 spiro atoms. The minimum Gasteiger partial charge on any atom is -0.383 e. The van der Waals surface area contributed by atoms with E-state index in [0.29, 0.717) is 19.1 Å². The van der Waals surface area contributed by atoms with E-state index >= 15 is 0 Å². The number of nitrogens with zero attached hydrogens (tertiary/aromatic N) is 2. The highest BCUT2D eigenvalue weighted by atomic mass is 32.2. The second kappa shape index (κ2) is 11.5. The minimum absolute atomic E-state index is 0.137. The Balaban J connectivity index is 1.43. The number of fused-ring (bicyclic) bond motifs is 1. The molecule has 0 unspecified atom stereocenters. The molecule has 1 aromatic carbocycles. The van der Waals surface area contributed by atoms with E-state index in [1.807, 2.05) is 6.20 Å². The van der Waals surface area contributed by atoms with E-state index in [2.05, 4.69) is 33.5 Å². The number of rotatable bonds is 10. The van der Waals surface area contributed by atoms with Crippen LogP contribution in [0, 0.1) is 0 Å². The third-order valence-corrected chi connectivity index (χ3v) is 10.9. The first-order chi connectivity index (χ1) is 18.3. The molecule has 5 rings (SSSR count). The third-order valence-electron chi connectivity index (χ3n) is 8.12. The average Bonchev–Trinajstić information content (AvgIpc) is 3.65. The van der Waals surface area contributed by atoms with Gasteiger partial charge in [-0.1, -0.05) is 0 Å². The van der Waals surface area contributed by atoms with Gasteiger partial charge in [-0.2, -0.15) is 0 Å². The van der Waals surface area contributed by atoms with Crippen LogP contribution in [0.15, 0.2) is 29.8 Å². The molecule has 3 aromatic rings. The lowest BCUT2D eigenvalue weighted by Gasteiger charge is -2.31. The molecule has 0 radical (unpaired) electrons. The van der Waals surface area contributed by atoms with Crippen LogP contribution in [0.5, 0.6) is 0 Å². The smallest absolute Gasteiger partial charge is 0.221 e. The first kappa shape index (κ1) is 27.3. The van der Waals surface area contributed by atoms with Gasteiger partial charge in [0.05, 0.1) is 18.8 Å². The van der Waals surface area contributed by atoms with Crippen molar-refractivity contribution in [2.45, 2.75) is 57.5 Å². The van der Waals surface area contributed by atoms with Crippen LogP contribution in [-0.4, -0.2) is 73.7 Å². The van der Waals surface area contributed by atoms with E-state index in [9.17, 15) is 13.2 Å². The Kier molecular flexibility index (Phi) is 8.25. The molecule has 2 aromatic heterocycles. The van der Waals surface area contributed by atoms with E-state index in [0.717, 1.165) is 60.1 Å². The van der Waals surface area contributed by atoms with Crippen LogP contribution in [0.25, 0.3) is 22.0 Å². The second-order valence-corrected chi connectivity index (χ2v) is 13.8. The van der Waals surface area contributed by atoms with Crippen molar-refractivity contribution >= 4 is 38.2 Å². The van der Waals surface area contributed by atoms with Crippen LogP contribution in [0.1, 0.15) is 54.5 Å². The first-order valence-corrected chi connectivity index (χ1v) is 16.0. The number of carbonyl (C=O) groups excluding carboxylic acids is 1. The number of aromatic nitrogens is 1. The Hall–Kier alpha value is -2.24. The van der Waals surface area contributed by atoms with Gasteiger partial charge in [0.25, 0.3) is 0 Å². The zero-order valence-corrected chi connectivity index (χ0v) is 23.9. The van der Waals surface area contributed by atoms with Gasteiger partial charge in [-0.05, 0) is 90.9 Å². The average molecular weight is 559 g/mol. The van der Waals surface area contributed by atoms with Gasteiger partial charge >= 0.3 is 0 Å². The molecule has 206 valence electrons. The maximum atomic E-state index is 12.3. The van der Waals surface area contributed by atoms with Gasteiger partial charge in [-0.15, -0.1) is 11.3 Å². The molecular formula is C28H38N4O4S2. The van der Waals surface area contributed by atoms with Gasteiger partial charge in [0.2, 0.25) is 15.9 Å². The third kappa shape index (κ3) is 5.70. The van der Waals surface area contributed by atoms with Crippen molar-refractivity contribution < 1.29 is 17.9 Å². The molecule has 38 heavy (non-hydrogen) atoms. The Morgan fingerprint density at radius 2 is 1.95 bits per heavy atom. The summed E-state index contributed by atoms with van der Waals surface area (Å²) < 4.78 is 31.7. The van der Waals surface area contributed by atoms with Crippen LogP contribution >= 0.6 is 11.3 Å². The number of ether oxygens (including phenoxy) is 1. The number of thiophene rings is 1. The molecule has 0 bridgehead atoms. The molecule has 3 N–H and O–H groups in total. The van der Waals surface area contributed by atoms with Gasteiger partial charge in [0.1, 0.15) is 0 Å². The van der Waals surface area contributed by atoms with E-state index in [-0.39, 0.29) is 24.0 Å². The molecular weight excluding hydrogens is 520 g/mol. The summed E-state index contributed by atoms with van der Waals surface area (Å²) in [5, 5.41) is 3.30. The number of hydrogen-bond acceptors (Lipinski definition) is 6. The van der Waals surface area contributed by atoms with Crippen molar-refractivity contribution in [3.63, 3.8) is 0 Å². The highest BCUT2D eigenvalue weighted by Crippen LogP contribution is 2.38. The van der Waals surface area contributed by atoms with Crippen LogP contribution in [0.2, 0.25) is 0 Å². The number of primary amides is 1. The number of hydrogen-bond donors (Lipinski definition) is 2. The summed E-state index contributed by atoms with van der Waals surface area (Å²) >= 11 is 1.77. The predicted octanol–water partition coefficient (Wildman–Crippen LogP) is 4.06. The number of likely N-dealkylation sites (tertiary alicyclic amines) is 1. The van der Waals surface area contributed by atoms with Gasteiger partial charge in [-0.3, -0.25) is 9.69 Å². The van der Waals surface area contributed by atoms with E-state index in [1.165, 1.54) is 23.3 Å². The first-order valence-electron chi connectivity index (χ1n) is 13.5. The van der Waals surface area contributed by atoms with Crippen LogP contribution in [-0.2, 0) is 32.5 Å². The normalized spacial score (nSPS) is 20.0. The lowest BCUT2D eigenvalue weighted by molar-refractivity contribution is -0.117. The molecule has 0 saturated carbocycles. The van der Waals surface area contributed by atoms with Crippen molar-refractivity contribution in [1.82, 2.24) is 14.2 Å². The highest BCUT2D eigenvalue weighted by Gasteiger charge is 2.29. The monoisotopic (exact) mass is 558 g/mol. The number of methoxy groups -OCH3 is 1. The zero-order valence-electron chi connectivity index (χ0n) is 22.2. The largest absolute Gasteiger partial charge is 0.383 e. The Labute approximate surface area is 229 Å². The fourth-order valence-electron chi connectivity index (χ4n) is 6.09. The molecule has 1 amide bonds. The van der Waals surface area contributed by atoms with Gasteiger partial charge in [-0.25, -0.2) is 12.7 Å². The number of sulfonamides is 1. The van der Waals surface area contributed by atoms with Gasteiger partial charge < -0.3 is 15.5 Å². The predicted molar refractivity (Wildman–Crippen MR) is 153 cm³/mol. The van der Waals surface area contributed by atoms with Crippen molar-refractivity contribution in [2.24, 2.45) is 5.73 Å². The molecule has 2 aliphatic rings. The molecule has 1 atom stereocenters. The molecule has 10 heteroatoms. The zero-order chi connectivity index (χ0) is 26.9. The fraction of sp³-hybridized carbons (Fsp3) is 0.536. The number of aromatic amines is 1. The molecule has 2 fully saturated rings. The Bertz CT molecular complexity index is 1390. The lowest BCUT2D eigenvalue weighted by Crippen LogP contribution is -2.38. The molecule has 2 aliphatic heterocycles. The van der Waals surface area contributed by atoms with Crippen molar-refractivity contribution in [3.8, 4) is 11.1 Å². The standard InChI is InChI=1S/C28H38N4O4S2/c1-3-38(34,35)32-9-6-19(7-10-32)26-15-30-28-21(14-27(29)33)11-20(13-25(26)28)22-12-24(37-18-22)16-31-8-4-5-23(31)17-36-2/h11-13,15,18-19,23,30H,3-10,14,16-17H2,1-2H3,(H2,29,33)/t23-/m1/s1. The molecule has 4 heterocycles. The Morgan fingerprint density at radius 1 is 1.16 bits per heavy atom. The molecule has 0 aliphatic carbocycles. The maximum absolute atomic E-state index is 12.3. The number of carbonyl (C=O) groups is 1. The number of piperidine rings is 1. The van der Waals surface area contributed by atoms with E-state index < -0.39 is 10.0 Å². The topological polar surface area (TPSA) is 109 Å². The summed E-state index contributed by atoms with van der Waals surface area (Å²) in [5.74, 6) is 0.0365. The SMILES string of the molecule is CCS(=O)(=O)N1CCC(c2c[nH]c3c(CC(N)=O)cc(-c4csc(CN5CCC[C@@H]5COC)c4)cc23)CC1. The highest BCUT2D eigenvalue weighted by molar-refractivity contribution is 7.89. The number of nitrogens with two attached hydrogens (primary N) is 1. The van der Waals surface area contributed by atoms with Crippen molar-refractivity contribution in [1.29, 1.82) is 0 Å². The quantitative estimate of drug-likeness (QED) is 0.390. The molecule has 2 saturated heterocycles. The summed E-state index contributed by atoms with van der Waals surface area (Å²) in [6.07, 6.45) is 6.15. The molecule has 8 nitrogen and oxygen atoms in total. The van der Waals surface area contributed by atoms with Crippen molar-refractivity contribution in [3.05, 3.63) is 45.8 Å². The summed E-state index contributed by atoms with van der Waals surface area (Å²) in [4.78, 5) is 19.2. The number of nitrogens with one attached hydrogen (secondary N) is 1. The van der Waals surface area contributed by atoms with Crippen molar-refractivity contribution in [2.75, 3.05) is 39.1 Å². The Morgan fingerprint density at radius 3 is 2.66 bits per heavy atom. The van der Waals surface area contributed by atoms with E-state index in [1.54, 1.807) is 29.7 Å². The number of amides is 1. The number of H-pyrrole nitrogens is 1. The summed E-state index contributed by atoms with van der Waals surface area (Å²) in [6, 6.07) is 7.04. The lowest BCUT2D eigenvalue weighted by atomic mass is 9.88. The minimum atomic E-state index is -3.17.